The molecule has 0 atom stereocenters. The predicted molar refractivity (Wildman–Crippen MR) is 97.7 cm³/mol. The normalized spacial score (nSPS) is 12.0. The SMILES string of the molecule is CCN(CC)S(=O)(=O)c1ccc(C)c(NC(=O)C=Cc2ccco2)c1. The van der Waals surface area contributed by atoms with Gasteiger partial charge in [-0.3, -0.25) is 4.79 Å². The number of benzene rings is 1. The minimum Gasteiger partial charge on any atom is -0.465 e. The Labute approximate surface area is 148 Å². The summed E-state index contributed by atoms with van der Waals surface area (Å²) in [5.41, 5.74) is 1.24. The Morgan fingerprint density at radius 3 is 2.56 bits per heavy atom. The summed E-state index contributed by atoms with van der Waals surface area (Å²) in [6.45, 7) is 6.16. The minimum atomic E-state index is -3.57. The molecule has 0 aliphatic carbocycles. The highest BCUT2D eigenvalue weighted by Crippen LogP contribution is 2.23. The maximum atomic E-state index is 12.6. The molecular formula is C18H22N2O4S. The Morgan fingerprint density at radius 1 is 1.24 bits per heavy atom. The zero-order valence-electron chi connectivity index (χ0n) is 14.5. The quantitative estimate of drug-likeness (QED) is 0.767. The monoisotopic (exact) mass is 362 g/mol. The first-order valence-corrected chi connectivity index (χ1v) is 9.45. The van der Waals surface area contributed by atoms with E-state index in [1.165, 1.54) is 22.7 Å². The highest BCUT2D eigenvalue weighted by Gasteiger charge is 2.22. The maximum absolute atomic E-state index is 12.6. The fraction of sp³-hybridized carbons (Fsp3) is 0.278. The van der Waals surface area contributed by atoms with Crippen molar-refractivity contribution in [3.05, 3.63) is 54.0 Å². The number of hydrogen-bond acceptors (Lipinski definition) is 4. The highest BCUT2D eigenvalue weighted by molar-refractivity contribution is 7.89. The standard InChI is InChI=1S/C18H22N2O4S/c1-4-20(5-2)25(22,23)16-10-8-14(3)17(13-16)19-18(21)11-9-15-7-6-12-24-15/h6-13H,4-5H2,1-3H3,(H,19,21). The minimum absolute atomic E-state index is 0.159. The van der Waals surface area contributed by atoms with Crippen molar-refractivity contribution >= 4 is 27.7 Å². The van der Waals surface area contributed by atoms with Crippen molar-refractivity contribution in [1.29, 1.82) is 0 Å². The number of rotatable bonds is 7. The molecule has 2 aromatic rings. The van der Waals surface area contributed by atoms with Gasteiger partial charge in [0.05, 0.1) is 11.2 Å². The topological polar surface area (TPSA) is 79.6 Å². The second-order valence-corrected chi connectivity index (χ2v) is 7.34. The molecule has 1 aromatic heterocycles. The van der Waals surface area contributed by atoms with E-state index >= 15 is 0 Å². The first-order valence-electron chi connectivity index (χ1n) is 8.01. The lowest BCUT2D eigenvalue weighted by atomic mass is 10.2. The molecule has 25 heavy (non-hydrogen) atoms. The average molecular weight is 362 g/mol. The van der Waals surface area contributed by atoms with Gasteiger partial charge in [0, 0.05) is 24.9 Å². The number of anilines is 1. The molecule has 0 aliphatic heterocycles. The molecule has 2 rings (SSSR count). The smallest absolute Gasteiger partial charge is 0.248 e. The van der Waals surface area contributed by atoms with Crippen LogP contribution in [0.1, 0.15) is 25.2 Å². The van der Waals surface area contributed by atoms with E-state index in [-0.39, 0.29) is 10.8 Å². The fourth-order valence-electron chi connectivity index (χ4n) is 2.33. The number of sulfonamides is 1. The van der Waals surface area contributed by atoms with Crippen LogP contribution in [-0.4, -0.2) is 31.7 Å². The van der Waals surface area contributed by atoms with E-state index in [0.29, 0.717) is 24.5 Å². The molecular weight excluding hydrogens is 340 g/mol. The van der Waals surface area contributed by atoms with Gasteiger partial charge in [0.2, 0.25) is 15.9 Å². The number of nitrogens with zero attached hydrogens (tertiary/aromatic N) is 1. The molecule has 1 N–H and O–H groups in total. The van der Waals surface area contributed by atoms with Crippen LogP contribution in [0.4, 0.5) is 5.69 Å². The molecule has 0 aliphatic rings. The van der Waals surface area contributed by atoms with E-state index in [4.69, 9.17) is 4.42 Å². The zero-order valence-corrected chi connectivity index (χ0v) is 15.3. The second-order valence-electron chi connectivity index (χ2n) is 5.40. The number of furan rings is 1. The first-order chi connectivity index (χ1) is 11.9. The van der Waals surface area contributed by atoms with Gasteiger partial charge in [-0.15, -0.1) is 0 Å². The van der Waals surface area contributed by atoms with Gasteiger partial charge >= 0.3 is 0 Å². The summed E-state index contributed by atoms with van der Waals surface area (Å²) in [7, 11) is -3.57. The molecule has 134 valence electrons. The number of hydrogen-bond donors (Lipinski definition) is 1. The van der Waals surface area contributed by atoms with Crippen molar-refractivity contribution in [2.75, 3.05) is 18.4 Å². The predicted octanol–water partition coefficient (Wildman–Crippen LogP) is 3.27. The fourth-order valence-corrected chi connectivity index (χ4v) is 3.81. The van der Waals surface area contributed by atoms with Crippen molar-refractivity contribution in [3.63, 3.8) is 0 Å². The molecule has 1 amide bonds. The molecule has 1 heterocycles. The van der Waals surface area contributed by atoms with Crippen molar-refractivity contribution in [3.8, 4) is 0 Å². The summed E-state index contributed by atoms with van der Waals surface area (Å²) in [4.78, 5) is 12.2. The van der Waals surface area contributed by atoms with Crippen LogP contribution in [0, 0.1) is 6.92 Å². The molecule has 7 heteroatoms. The maximum Gasteiger partial charge on any atom is 0.248 e. The van der Waals surface area contributed by atoms with Gasteiger partial charge in [-0.25, -0.2) is 8.42 Å². The van der Waals surface area contributed by atoms with Gasteiger partial charge in [-0.2, -0.15) is 4.31 Å². The lowest BCUT2D eigenvalue weighted by molar-refractivity contribution is -0.111. The number of carbonyl (C=O) groups is 1. The van der Waals surface area contributed by atoms with Crippen molar-refractivity contribution < 1.29 is 17.6 Å². The summed E-state index contributed by atoms with van der Waals surface area (Å²) in [6.07, 6.45) is 4.40. The third kappa shape index (κ3) is 4.58. The molecule has 0 fully saturated rings. The molecule has 6 nitrogen and oxygen atoms in total. The zero-order chi connectivity index (χ0) is 18.4. The van der Waals surface area contributed by atoms with E-state index in [2.05, 4.69) is 5.32 Å². The van der Waals surface area contributed by atoms with Crippen LogP contribution in [0.15, 0.2) is 52.0 Å². The molecule has 0 spiro atoms. The van der Waals surface area contributed by atoms with Gasteiger partial charge in [0.15, 0.2) is 0 Å². The van der Waals surface area contributed by atoms with Crippen LogP contribution in [0.5, 0.6) is 0 Å². The lowest BCUT2D eigenvalue weighted by Gasteiger charge is -2.19. The van der Waals surface area contributed by atoms with Crippen LogP contribution in [0.2, 0.25) is 0 Å². The Hall–Kier alpha value is -2.38. The Balaban J connectivity index is 2.23. The summed E-state index contributed by atoms with van der Waals surface area (Å²) in [5, 5.41) is 2.71. The second kappa shape index (κ2) is 8.13. The van der Waals surface area contributed by atoms with Gasteiger partial charge in [0.25, 0.3) is 0 Å². The molecule has 1 aromatic carbocycles. The van der Waals surface area contributed by atoms with Crippen LogP contribution in [0.3, 0.4) is 0 Å². The van der Waals surface area contributed by atoms with E-state index in [1.54, 1.807) is 51.1 Å². The molecule has 0 saturated carbocycles. The summed E-state index contributed by atoms with van der Waals surface area (Å²) < 4.78 is 31.7. The van der Waals surface area contributed by atoms with E-state index in [0.717, 1.165) is 5.56 Å². The van der Waals surface area contributed by atoms with Gasteiger partial charge in [0.1, 0.15) is 5.76 Å². The van der Waals surface area contributed by atoms with E-state index < -0.39 is 10.0 Å². The average Bonchev–Trinajstić information content (AvgIpc) is 3.09. The van der Waals surface area contributed by atoms with Crippen LogP contribution < -0.4 is 5.32 Å². The molecule has 0 saturated heterocycles. The Kier molecular flexibility index (Phi) is 6.17. The number of amides is 1. The van der Waals surface area contributed by atoms with E-state index in [9.17, 15) is 13.2 Å². The first kappa shape index (κ1) is 19.0. The van der Waals surface area contributed by atoms with Crippen LogP contribution >= 0.6 is 0 Å². The number of carbonyl (C=O) groups excluding carboxylic acids is 1. The summed E-state index contributed by atoms with van der Waals surface area (Å²) in [5.74, 6) is 0.196. The third-order valence-electron chi connectivity index (χ3n) is 3.75. The molecule has 0 unspecified atom stereocenters. The van der Waals surface area contributed by atoms with Crippen molar-refractivity contribution in [1.82, 2.24) is 4.31 Å². The Bertz CT molecular complexity index is 851. The van der Waals surface area contributed by atoms with Crippen molar-refractivity contribution in [2.45, 2.75) is 25.7 Å². The van der Waals surface area contributed by atoms with Crippen LogP contribution in [-0.2, 0) is 14.8 Å². The largest absolute Gasteiger partial charge is 0.465 e. The molecule has 0 bridgehead atoms. The van der Waals surface area contributed by atoms with Gasteiger partial charge in [-0.1, -0.05) is 19.9 Å². The molecule has 0 radical (unpaired) electrons. The van der Waals surface area contributed by atoms with Crippen LogP contribution in [0.25, 0.3) is 6.08 Å². The highest BCUT2D eigenvalue weighted by atomic mass is 32.2. The van der Waals surface area contributed by atoms with Crippen molar-refractivity contribution in [2.24, 2.45) is 0 Å². The third-order valence-corrected chi connectivity index (χ3v) is 5.80. The Morgan fingerprint density at radius 2 is 1.96 bits per heavy atom. The summed E-state index contributed by atoms with van der Waals surface area (Å²) in [6, 6.07) is 8.18. The van der Waals surface area contributed by atoms with E-state index in [1.807, 2.05) is 0 Å². The summed E-state index contributed by atoms with van der Waals surface area (Å²) >= 11 is 0. The number of aryl methyl sites for hydroxylation is 1. The van der Waals surface area contributed by atoms with Gasteiger partial charge in [-0.05, 0) is 42.8 Å². The lowest BCUT2D eigenvalue weighted by Crippen LogP contribution is -2.30. The number of nitrogens with one attached hydrogen (secondary N) is 1. The van der Waals surface area contributed by atoms with Gasteiger partial charge < -0.3 is 9.73 Å².